The van der Waals surface area contributed by atoms with Crippen molar-refractivity contribution in [2.75, 3.05) is 6.54 Å². The Morgan fingerprint density at radius 3 is 2.50 bits per heavy atom. The molecule has 2 aliphatic rings. The molecule has 0 spiro atoms. The van der Waals surface area contributed by atoms with E-state index in [1.54, 1.807) is 0 Å². The summed E-state index contributed by atoms with van der Waals surface area (Å²) >= 11 is 0. The van der Waals surface area contributed by atoms with Gasteiger partial charge in [0, 0.05) is 6.04 Å². The van der Waals surface area contributed by atoms with E-state index in [1.165, 1.54) is 38.6 Å². The number of rotatable bonds is 3. The molecule has 0 bridgehead atoms. The van der Waals surface area contributed by atoms with Crippen LogP contribution < -0.4 is 5.32 Å². The first-order chi connectivity index (χ1) is 4.95. The second kappa shape index (κ2) is 2.91. The first-order valence-corrected chi connectivity index (χ1v) is 4.52. The lowest BCUT2D eigenvalue weighted by Crippen LogP contribution is -2.40. The molecule has 1 heteroatoms. The van der Waals surface area contributed by atoms with Gasteiger partial charge in [-0.2, -0.15) is 0 Å². The van der Waals surface area contributed by atoms with Gasteiger partial charge in [-0.1, -0.05) is 6.42 Å². The molecular weight excluding hydrogens is 122 g/mol. The fraction of sp³-hybridized carbons (Fsp3) is 0.889. The Labute approximate surface area is 63.2 Å². The van der Waals surface area contributed by atoms with Crippen LogP contribution in [0.1, 0.15) is 32.1 Å². The Morgan fingerprint density at radius 1 is 1.30 bits per heavy atom. The summed E-state index contributed by atoms with van der Waals surface area (Å²) in [5.41, 5.74) is 0. The summed E-state index contributed by atoms with van der Waals surface area (Å²) in [6.45, 7) is 1.28. The zero-order chi connectivity index (χ0) is 6.81. The van der Waals surface area contributed by atoms with Gasteiger partial charge in [-0.05, 0) is 44.6 Å². The van der Waals surface area contributed by atoms with Crippen molar-refractivity contribution in [3.8, 4) is 0 Å². The van der Waals surface area contributed by atoms with Crippen LogP contribution in [0, 0.1) is 12.3 Å². The van der Waals surface area contributed by atoms with Crippen LogP contribution in [0.3, 0.4) is 0 Å². The topological polar surface area (TPSA) is 12.0 Å². The summed E-state index contributed by atoms with van der Waals surface area (Å²) in [5.74, 6) is 1.02. The standard InChI is InChI=1S/C9H16N/c1-3-8(4-1)7-10-9-5-2-6-9/h5,8-10H,1-4,6-7H2. The van der Waals surface area contributed by atoms with E-state index >= 15 is 0 Å². The largest absolute Gasteiger partial charge is 0.313 e. The SMILES string of the molecule is [CH]1CCC1NCC1CCC1. The third-order valence-electron chi connectivity index (χ3n) is 2.82. The van der Waals surface area contributed by atoms with Crippen LogP contribution in [0.4, 0.5) is 0 Å². The van der Waals surface area contributed by atoms with E-state index in [0.29, 0.717) is 0 Å². The summed E-state index contributed by atoms with van der Waals surface area (Å²) in [4.78, 5) is 0. The van der Waals surface area contributed by atoms with Crippen LogP contribution >= 0.6 is 0 Å². The van der Waals surface area contributed by atoms with Crippen LogP contribution in [0.15, 0.2) is 0 Å². The van der Waals surface area contributed by atoms with Crippen LogP contribution in [0.5, 0.6) is 0 Å². The molecule has 0 aliphatic heterocycles. The molecule has 1 radical (unpaired) electrons. The highest BCUT2D eigenvalue weighted by Gasteiger charge is 2.21. The zero-order valence-electron chi connectivity index (χ0n) is 6.47. The Kier molecular flexibility index (Phi) is 1.94. The van der Waals surface area contributed by atoms with Gasteiger partial charge in [-0.25, -0.2) is 0 Å². The quantitative estimate of drug-likeness (QED) is 0.626. The van der Waals surface area contributed by atoms with Gasteiger partial charge in [0.15, 0.2) is 0 Å². The molecule has 0 aromatic heterocycles. The first-order valence-electron chi connectivity index (χ1n) is 4.52. The van der Waals surface area contributed by atoms with Crippen molar-refractivity contribution in [2.45, 2.75) is 38.1 Å². The van der Waals surface area contributed by atoms with Crippen LogP contribution in [-0.4, -0.2) is 12.6 Å². The zero-order valence-corrected chi connectivity index (χ0v) is 6.47. The van der Waals surface area contributed by atoms with Gasteiger partial charge >= 0.3 is 0 Å². The summed E-state index contributed by atoms with van der Waals surface area (Å²) in [5, 5.41) is 3.57. The molecule has 2 aliphatic carbocycles. The predicted octanol–water partition coefficient (Wildman–Crippen LogP) is 1.74. The lowest BCUT2D eigenvalue weighted by molar-refractivity contribution is 0.280. The van der Waals surface area contributed by atoms with Gasteiger partial charge in [0.05, 0.1) is 0 Å². The molecule has 0 aromatic carbocycles. The van der Waals surface area contributed by atoms with Crippen molar-refractivity contribution in [3.05, 3.63) is 6.42 Å². The molecule has 10 heavy (non-hydrogen) atoms. The van der Waals surface area contributed by atoms with E-state index in [4.69, 9.17) is 0 Å². The molecule has 0 saturated heterocycles. The van der Waals surface area contributed by atoms with E-state index in [0.717, 1.165) is 12.0 Å². The molecule has 2 rings (SSSR count). The van der Waals surface area contributed by atoms with Gasteiger partial charge < -0.3 is 5.32 Å². The van der Waals surface area contributed by atoms with Crippen molar-refractivity contribution in [2.24, 2.45) is 5.92 Å². The first kappa shape index (κ1) is 6.66. The molecule has 57 valence electrons. The normalized spacial score (nSPS) is 27.6. The molecule has 1 nitrogen and oxygen atoms in total. The molecule has 2 fully saturated rings. The fourth-order valence-electron chi connectivity index (χ4n) is 1.53. The van der Waals surface area contributed by atoms with Crippen LogP contribution in [-0.2, 0) is 0 Å². The lowest BCUT2D eigenvalue weighted by Gasteiger charge is -2.31. The Balaban J connectivity index is 1.54. The summed E-state index contributed by atoms with van der Waals surface area (Å²) in [6.07, 6.45) is 9.52. The van der Waals surface area contributed by atoms with Gasteiger partial charge in [-0.3, -0.25) is 0 Å². The molecule has 1 N–H and O–H groups in total. The van der Waals surface area contributed by atoms with Crippen molar-refractivity contribution in [1.29, 1.82) is 0 Å². The molecular formula is C9H16N. The second-order valence-electron chi connectivity index (χ2n) is 3.62. The number of hydrogen-bond donors (Lipinski definition) is 1. The van der Waals surface area contributed by atoms with Crippen molar-refractivity contribution in [1.82, 2.24) is 5.32 Å². The average molecular weight is 138 g/mol. The molecule has 2 saturated carbocycles. The Bertz CT molecular complexity index is 89.3. The molecule has 0 aromatic rings. The molecule has 0 heterocycles. The number of hydrogen-bond acceptors (Lipinski definition) is 1. The maximum atomic E-state index is 3.57. The van der Waals surface area contributed by atoms with E-state index in [1.807, 2.05) is 0 Å². The van der Waals surface area contributed by atoms with E-state index in [-0.39, 0.29) is 0 Å². The van der Waals surface area contributed by atoms with E-state index in [9.17, 15) is 0 Å². The minimum absolute atomic E-state index is 0.778. The van der Waals surface area contributed by atoms with Crippen molar-refractivity contribution >= 4 is 0 Å². The smallest absolute Gasteiger partial charge is 0.00987 e. The average Bonchev–Trinajstić information content (AvgIpc) is 1.70. The second-order valence-corrected chi connectivity index (χ2v) is 3.62. The van der Waals surface area contributed by atoms with E-state index in [2.05, 4.69) is 11.7 Å². The van der Waals surface area contributed by atoms with Gasteiger partial charge in [0.2, 0.25) is 0 Å². The lowest BCUT2D eigenvalue weighted by atomic mass is 9.84. The maximum Gasteiger partial charge on any atom is 0.00987 e. The van der Waals surface area contributed by atoms with Gasteiger partial charge in [0.25, 0.3) is 0 Å². The number of nitrogens with one attached hydrogen (secondary N) is 1. The van der Waals surface area contributed by atoms with Crippen LogP contribution in [0.2, 0.25) is 0 Å². The summed E-state index contributed by atoms with van der Waals surface area (Å²) in [7, 11) is 0. The van der Waals surface area contributed by atoms with Crippen molar-refractivity contribution < 1.29 is 0 Å². The molecule has 1 unspecified atom stereocenters. The molecule has 0 amide bonds. The Morgan fingerprint density at radius 2 is 2.10 bits per heavy atom. The van der Waals surface area contributed by atoms with Crippen LogP contribution in [0.25, 0.3) is 0 Å². The highest BCUT2D eigenvalue weighted by Crippen LogP contribution is 2.26. The minimum Gasteiger partial charge on any atom is -0.313 e. The summed E-state index contributed by atoms with van der Waals surface area (Å²) in [6, 6.07) is 0.778. The monoisotopic (exact) mass is 138 g/mol. The molecule has 1 atom stereocenters. The van der Waals surface area contributed by atoms with E-state index < -0.39 is 0 Å². The minimum atomic E-state index is 0.778. The van der Waals surface area contributed by atoms with Crippen molar-refractivity contribution in [3.63, 3.8) is 0 Å². The van der Waals surface area contributed by atoms with Gasteiger partial charge in [0.1, 0.15) is 0 Å². The summed E-state index contributed by atoms with van der Waals surface area (Å²) < 4.78 is 0. The maximum absolute atomic E-state index is 3.57. The highest BCUT2D eigenvalue weighted by atomic mass is 14.9. The highest BCUT2D eigenvalue weighted by molar-refractivity contribution is 4.94. The van der Waals surface area contributed by atoms with Gasteiger partial charge in [-0.15, -0.1) is 0 Å². The fourth-order valence-corrected chi connectivity index (χ4v) is 1.53. The third-order valence-corrected chi connectivity index (χ3v) is 2.82. The predicted molar refractivity (Wildman–Crippen MR) is 42.7 cm³/mol. The Hall–Kier alpha value is -0.0400. The third kappa shape index (κ3) is 1.34.